The summed E-state index contributed by atoms with van der Waals surface area (Å²) < 4.78 is 6.59. The number of hydrogen-bond donors (Lipinski definition) is 1. The highest BCUT2D eigenvalue weighted by atomic mass is 35.5. The van der Waals surface area contributed by atoms with Gasteiger partial charge >= 0.3 is 5.95 Å². The van der Waals surface area contributed by atoms with Gasteiger partial charge in [-0.3, -0.25) is 4.79 Å². The number of nitro groups is 1. The summed E-state index contributed by atoms with van der Waals surface area (Å²) in [5.41, 5.74) is 3.66. The molecule has 1 amide bonds. The first-order chi connectivity index (χ1) is 11.8. The van der Waals surface area contributed by atoms with Crippen molar-refractivity contribution in [2.75, 3.05) is 6.61 Å². The summed E-state index contributed by atoms with van der Waals surface area (Å²) in [4.78, 5) is 25.1. The molecule has 11 heteroatoms. The molecule has 0 aliphatic heterocycles. The molecule has 1 aromatic carbocycles. The highest BCUT2D eigenvalue weighted by molar-refractivity contribution is 6.31. The van der Waals surface area contributed by atoms with Crippen LogP contribution in [0.15, 0.2) is 29.6 Å². The minimum atomic E-state index is -0.694. The molecule has 2 rings (SSSR count). The first kappa shape index (κ1) is 18.3. The molecule has 0 aliphatic carbocycles. The van der Waals surface area contributed by atoms with Crippen LogP contribution in [0.4, 0.5) is 5.95 Å². The number of amides is 1. The molecule has 1 aromatic heterocycles. The van der Waals surface area contributed by atoms with E-state index in [1.54, 1.807) is 25.1 Å². The molecular weight excluding hydrogens is 352 g/mol. The van der Waals surface area contributed by atoms with Gasteiger partial charge < -0.3 is 14.9 Å². The summed E-state index contributed by atoms with van der Waals surface area (Å²) in [5, 5.41) is 18.6. The van der Waals surface area contributed by atoms with Crippen molar-refractivity contribution in [2.45, 2.75) is 20.4 Å². The van der Waals surface area contributed by atoms with Crippen LogP contribution in [-0.2, 0) is 11.3 Å². The number of benzene rings is 1. The van der Waals surface area contributed by atoms with Gasteiger partial charge in [-0.1, -0.05) is 16.6 Å². The fraction of sp³-hybridized carbons (Fsp3) is 0.286. The van der Waals surface area contributed by atoms with Crippen LogP contribution in [0.5, 0.6) is 5.75 Å². The standard InChI is InChI=1S/C14H15ClN6O4/c1-9-5-11(3-4-12(9)15)25-7-13(22)18-17-10(2)6-20-8-16-14(19-20)21(23)24/h3-5,8H,6-7H2,1-2H3,(H,18,22). The van der Waals surface area contributed by atoms with Crippen molar-refractivity contribution in [3.8, 4) is 5.75 Å². The van der Waals surface area contributed by atoms with Crippen molar-refractivity contribution in [2.24, 2.45) is 5.10 Å². The van der Waals surface area contributed by atoms with E-state index in [-0.39, 0.29) is 13.2 Å². The largest absolute Gasteiger partial charge is 0.490 e. The number of carbonyl (C=O) groups excluding carboxylic acids is 1. The zero-order valence-corrected chi connectivity index (χ0v) is 14.2. The van der Waals surface area contributed by atoms with Gasteiger partial charge in [0, 0.05) is 10.1 Å². The zero-order chi connectivity index (χ0) is 18.4. The third kappa shape index (κ3) is 5.53. The summed E-state index contributed by atoms with van der Waals surface area (Å²) in [6.45, 7) is 3.40. The van der Waals surface area contributed by atoms with E-state index in [9.17, 15) is 14.9 Å². The average molecular weight is 367 g/mol. The lowest BCUT2D eigenvalue weighted by atomic mass is 10.2. The van der Waals surface area contributed by atoms with Crippen molar-refractivity contribution in [3.05, 3.63) is 45.2 Å². The second kappa shape index (κ2) is 8.20. The first-order valence-corrected chi connectivity index (χ1v) is 7.47. The van der Waals surface area contributed by atoms with Crippen LogP contribution >= 0.6 is 11.6 Å². The molecule has 1 heterocycles. The Morgan fingerprint density at radius 1 is 1.52 bits per heavy atom. The van der Waals surface area contributed by atoms with Gasteiger partial charge in [-0.2, -0.15) is 9.78 Å². The molecule has 0 saturated heterocycles. The van der Waals surface area contributed by atoms with Gasteiger partial charge in [0.05, 0.1) is 12.3 Å². The van der Waals surface area contributed by atoms with Gasteiger partial charge in [0.1, 0.15) is 5.75 Å². The minimum Gasteiger partial charge on any atom is -0.484 e. The Kier molecular flexibility index (Phi) is 6.01. The van der Waals surface area contributed by atoms with E-state index in [0.717, 1.165) is 5.56 Å². The van der Waals surface area contributed by atoms with Crippen molar-refractivity contribution in [3.63, 3.8) is 0 Å². The molecule has 25 heavy (non-hydrogen) atoms. The molecular formula is C14H15ClN6O4. The third-order valence-corrected chi connectivity index (χ3v) is 3.37. The molecule has 2 aromatic rings. The van der Waals surface area contributed by atoms with Gasteiger partial charge in [-0.15, -0.1) is 0 Å². The van der Waals surface area contributed by atoms with Crippen LogP contribution in [0, 0.1) is 17.0 Å². The number of halogens is 1. The number of nitrogens with one attached hydrogen (secondary N) is 1. The van der Waals surface area contributed by atoms with Crippen molar-refractivity contribution >= 4 is 29.2 Å². The Morgan fingerprint density at radius 2 is 2.28 bits per heavy atom. The fourth-order valence-corrected chi connectivity index (χ4v) is 1.88. The van der Waals surface area contributed by atoms with E-state index in [1.807, 2.05) is 6.92 Å². The van der Waals surface area contributed by atoms with Crippen LogP contribution in [0.1, 0.15) is 12.5 Å². The Bertz CT molecular complexity index is 819. The van der Waals surface area contributed by atoms with Crippen LogP contribution in [0.25, 0.3) is 0 Å². The quantitative estimate of drug-likeness (QED) is 0.452. The van der Waals surface area contributed by atoms with E-state index < -0.39 is 16.8 Å². The van der Waals surface area contributed by atoms with Gasteiger partial charge in [0.15, 0.2) is 6.61 Å². The summed E-state index contributed by atoms with van der Waals surface area (Å²) in [7, 11) is 0. The fourth-order valence-electron chi connectivity index (χ4n) is 1.76. The second-order valence-corrected chi connectivity index (χ2v) is 5.49. The minimum absolute atomic E-state index is 0.151. The molecule has 0 radical (unpaired) electrons. The third-order valence-electron chi connectivity index (χ3n) is 2.95. The number of rotatable bonds is 7. The van der Waals surface area contributed by atoms with E-state index in [4.69, 9.17) is 16.3 Å². The lowest BCUT2D eigenvalue weighted by Gasteiger charge is -2.07. The summed E-state index contributed by atoms with van der Waals surface area (Å²) >= 11 is 5.91. The molecule has 10 nitrogen and oxygen atoms in total. The average Bonchev–Trinajstić information content (AvgIpc) is 3.03. The molecule has 0 unspecified atom stereocenters. The Labute approximate surface area is 147 Å². The molecule has 132 valence electrons. The van der Waals surface area contributed by atoms with Gasteiger partial charge in [0.2, 0.25) is 6.33 Å². The summed E-state index contributed by atoms with van der Waals surface area (Å²) in [6.07, 6.45) is 1.21. The van der Waals surface area contributed by atoms with Gasteiger partial charge in [0.25, 0.3) is 5.91 Å². The second-order valence-electron chi connectivity index (χ2n) is 5.08. The highest BCUT2D eigenvalue weighted by Gasteiger charge is 2.13. The lowest BCUT2D eigenvalue weighted by Crippen LogP contribution is -2.26. The maximum atomic E-state index is 11.7. The van der Waals surface area contributed by atoms with Gasteiger partial charge in [-0.05, 0) is 42.5 Å². The van der Waals surface area contributed by atoms with Crippen molar-refractivity contribution in [1.29, 1.82) is 0 Å². The van der Waals surface area contributed by atoms with Crippen molar-refractivity contribution < 1.29 is 14.5 Å². The topological polar surface area (TPSA) is 125 Å². The number of hydrazone groups is 1. The van der Waals surface area contributed by atoms with Crippen LogP contribution in [0.2, 0.25) is 5.02 Å². The molecule has 0 atom stereocenters. The Hall–Kier alpha value is -3.01. The maximum absolute atomic E-state index is 11.7. The first-order valence-electron chi connectivity index (χ1n) is 7.10. The number of hydrogen-bond acceptors (Lipinski definition) is 7. The number of nitrogens with zero attached hydrogens (tertiary/aromatic N) is 5. The van der Waals surface area contributed by atoms with Gasteiger partial charge in [-0.25, -0.2) is 5.43 Å². The smallest absolute Gasteiger partial charge is 0.484 e. The van der Waals surface area contributed by atoms with E-state index in [1.165, 1.54) is 11.0 Å². The van der Waals surface area contributed by atoms with Crippen molar-refractivity contribution in [1.82, 2.24) is 20.2 Å². The molecule has 0 spiro atoms. The molecule has 0 fully saturated rings. The number of aromatic nitrogens is 3. The predicted molar refractivity (Wildman–Crippen MR) is 89.6 cm³/mol. The Morgan fingerprint density at radius 3 is 2.92 bits per heavy atom. The van der Waals surface area contributed by atoms with Crippen LogP contribution in [-0.4, -0.2) is 37.9 Å². The molecule has 0 aliphatic rings. The zero-order valence-electron chi connectivity index (χ0n) is 13.5. The maximum Gasteiger partial charge on any atom is 0.490 e. The SMILES string of the molecule is CC(Cn1cnc([N+](=O)[O-])n1)=NNC(=O)COc1ccc(Cl)c(C)c1. The lowest BCUT2D eigenvalue weighted by molar-refractivity contribution is -0.394. The Balaban J connectivity index is 1.81. The van der Waals surface area contributed by atoms with Crippen LogP contribution < -0.4 is 10.2 Å². The van der Waals surface area contributed by atoms with E-state index in [2.05, 4.69) is 20.6 Å². The van der Waals surface area contributed by atoms with Crippen LogP contribution in [0.3, 0.4) is 0 Å². The van der Waals surface area contributed by atoms with E-state index in [0.29, 0.717) is 16.5 Å². The predicted octanol–water partition coefficient (Wildman–Crippen LogP) is 1.72. The van der Waals surface area contributed by atoms with E-state index >= 15 is 0 Å². The molecule has 0 saturated carbocycles. The highest BCUT2D eigenvalue weighted by Crippen LogP contribution is 2.20. The number of ether oxygens (including phenoxy) is 1. The normalized spacial score (nSPS) is 11.2. The summed E-state index contributed by atoms with van der Waals surface area (Å²) in [6, 6.07) is 5.07. The summed E-state index contributed by atoms with van der Waals surface area (Å²) in [5.74, 6) is -0.423. The number of carbonyl (C=O) groups is 1. The number of aryl methyl sites for hydroxylation is 1. The molecule has 1 N–H and O–H groups in total. The molecule has 0 bridgehead atoms. The monoisotopic (exact) mass is 366 g/mol.